The highest BCUT2D eigenvalue weighted by Crippen LogP contribution is 2.28. The van der Waals surface area contributed by atoms with Crippen LogP contribution in [-0.4, -0.2) is 26.9 Å². The maximum absolute atomic E-state index is 13.7. The predicted octanol–water partition coefficient (Wildman–Crippen LogP) is 6.11. The molecular formula is C28H37N3O2. The third-order valence-corrected chi connectivity index (χ3v) is 6.28. The summed E-state index contributed by atoms with van der Waals surface area (Å²) in [5.74, 6) is 0.653. The van der Waals surface area contributed by atoms with Crippen LogP contribution in [0.15, 0.2) is 53.3 Å². The molecule has 2 aromatic carbocycles. The minimum atomic E-state index is -0.274. The van der Waals surface area contributed by atoms with Crippen molar-refractivity contribution in [1.29, 1.82) is 0 Å². The number of nitrogens with zero attached hydrogens (tertiary/aromatic N) is 3. The molecule has 5 heteroatoms. The van der Waals surface area contributed by atoms with Crippen molar-refractivity contribution in [2.75, 3.05) is 6.54 Å². The predicted molar refractivity (Wildman–Crippen MR) is 136 cm³/mol. The second-order valence-corrected chi connectivity index (χ2v) is 9.64. The Kier molecular flexibility index (Phi) is 7.72. The Morgan fingerprint density at radius 2 is 1.70 bits per heavy atom. The smallest absolute Gasteiger partial charge is 0.261 e. The number of unbranched alkanes of at least 4 members (excludes halogenated alkanes) is 1. The molecule has 0 radical (unpaired) electrons. The van der Waals surface area contributed by atoms with Crippen molar-refractivity contribution in [2.24, 2.45) is 0 Å². The minimum absolute atomic E-state index is 0.0131. The molecule has 0 unspecified atom stereocenters. The van der Waals surface area contributed by atoms with E-state index >= 15 is 0 Å². The van der Waals surface area contributed by atoms with Crippen LogP contribution in [0.3, 0.4) is 0 Å². The van der Waals surface area contributed by atoms with Gasteiger partial charge in [0.25, 0.3) is 11.5 Å². The highest BCUT2D eigenvalue weighted by atomic mass is 16.2. The van der Waals surface area contributed by atoms with Crippen LogP contribution in [0.5, 0.6) is 0 Å². The summed E-state index contributed by atoms with van der Waals surface area (Å²) in [7, 11) is 0. The number of hydrogen-bond donors (Lipinski definition) is 0. The van der Waals surface area contributed by atoms with Crippen molar-refractivity contribution in [3.05, 3.63) is 75.8 Å². The van der Waals surface area contributed by atoms with E-state index in [0.717, 1.165) is 12.8 Å². The molecule has 33 heavy (non-hydrogen) atoms. The van der Waals surface area contributed by atoms with E-state index in [1.54, 1.807) is 4.57 Å². The molecule has 0 spiro atoms. The largest absolute Gasteiger partial charge is 0.328 e. The fourth-order valence-corrected chi connectivity index (χ4v) is 4.29. The summed E-state index contributed by atoms with van der Waals surface area (Å²) in [6, 6.07) is 15.1. The number of fused-ring (bicyclic) bond motifs is 1. The van der Waals surface area contributed by atoms with Gasteiger partial charge in [-0.2, -0.15) is 0 Å². The Morgan fingerprint density at radius 1 is 1.03 bits per heavy atom. The zero-order chi connectivity index (χ0) is 24.2. The van der Waals surface area contributed by atoms with E-state index in [1.165, 1.54) is 5.56 Å². The number of benzene rings is 2. The van der Waals surface area contributed by atoms with E-state index in [-0.39, 0.29) is 22.9 Å². The van der Waals surface area contributed by atoms with Crippen LogP contribution in [0, 0.1) is 0 Å². The molecule has 0 saturated heterocycles. The summed E-state index contributed by atoms with van der Waals surface area (Å²) in [6.07, 6.45) is 2.56. The topological polar surface area (TPSA) is 55.2 Å². The summed E-state index contributed by atoms with van der Waals surface area (Å²) in [6.45, 7) is 13.8. The fourth-order valence-electron chi connectivity index (χ4n) is 4.29. The van der Waals surface area contributed by atoms with Crippen molar-refractivity contribution in [3.63, 3.8) is 0 Å². The van der Waals surface area contributed by atoms with E-state index in [1.807, 2.05) is 60.4 Å². The Balaban J connectivity index is 2.09. The number of para-hydroxylation sites is 1. The molecule has 1 amide bonds. The molecule has 0 aliphatic carbocycles. The first-order valence-corrected chi connectivity index (χ1v) is 12.1. The van der Waals surface area contributed by atoms with Crippen molar-refractivity contribution in [1.82, 2.24) is 14.5 Å². The fraction of sp³-hybridized carbons (Fsp3) is 0.464. The van der Waals surface area contributed by atoms with Gasteiger partial charge in [-0.25, -0.2) is 4.98 Å². The zero-order valence-electron chi connectivity index (χ0n) is 20.9. The lowest BCUT2D eigenvalue weighted by atomic mass is 9.86. The van der Waals surface area contributed by atoms with Crippen LogP contribution >= 0.6 is 0 Å². The van der Waals surface area contributed by atoms with Gasteiger partial charge in [-0.3, -0.25) is 14.2 Å². The van der Waals surface area contributed by atoms with Gasteiger partial charge in [-0.1, -0.05) is 65.3 Å². The van der Waals surface area contributed by atoms with Crippen LogP contribution in [0.2, 0.25) is 0 Å². The first kappa shape index (κ1) is 24.7. The Bertz CT molecular complexity index is 1160. The molecule has 0 N–H and O–H groups in total. The van der Waals surface area contributed by atoms with E-state index in [2.05, 4.69) is 34.6 Å². The highest BCUT2D eigenvalue weighted by Gasteiger charge is 2.29. The summed E-state index contributed by atoms with van der Waals surface area (Å²) in [5, 5.41) is 0.613. The highest BCUT2D eigenvalue weighted by molar-refractivity contribution is 5.94. The van der Waals surface area contributed by atoms with Crippen LogP contribution < -0.4 is 5.56 Å². The van der Waals surface area contributed by atoms with Crippen LogP contribution in [0.25, 0.3) is 10.9 Å². The molecule has 0 fully saturated rings. The number of hydrogen-bond acceptors (Lipinski definition) is 3. The average Bonchev–Trinajstić information content (AvgIpc) is 2.81. The van der Waals surface area contributed by atoms with Gasteiger partial charge < -0.3 is 4.90 Å². The molecule has 3 aromatic rings. The zero-order valence-corrected chi connectivity index (χ0v) is 20.9. The minimum Gasteiger partial charge on any atom is -0.328 e. The van der Waals surface area contributed by atoms with Crippen LogP contribution in [0.1, 0.15) is 88.6 Å². The summed E-state index contributed by atoms with van der Waals surface area (Å²) in [4.78, 5) is 33.8. The molecule has 0 saturated carbocycles. The van der Waals surface area contributed by atoms with E-state index in [0.29, 0.717) is 41.8 Å². The van der Waals surface area contributed by atoms with Gasteiger partial charge in [0.1, 0.15) is 5.82 Å². The summed E-state index contributed by atoms with van der Waals surface area (Å²) >= 11 is 0. The van der Waals surface area contributed by atoms with Gasteiger partial charge in [0.2, 0.25) is 0 Å². The SMILES string of the molecule is CCCCN(C(=O)c1ccc(C(C)(C)C)cc1)[C@H](CC)c1nc2ccccc2c(=O)n1CC. The number of carbonyl (C=O) groups excluding carboxylic acids is 1. The molecule has 1 heterocycles. The number of amides is 1. The molecule has 3 rings (SSSR count). The van der Waals surface area contributed by atoms with Crippen LogP contribution in [-0.2, 0) is 12.0 Å². The summed E-state index contributed by atoms with van der Waals surface area (Å²) < 4.78 is 1.73. The normalized spacial score (nSPS) is 12.7. The quantitative estimate of drug-likeness (QED) is 0.419. The molecule has 5 nitrogen and oxygen atoms in total. The molecule has 1 aromatic heterocycles. The second-order valence-electron chi connectivity index (χ2n) is 9.64. The van der Waals surface area contributed by atoms with Gasteiger partial charge in [0.05, 0.1) is 16.9 Å². The average molecular weight is 448 g/mol. The Hall–Kier alpha value is -2.95. The first-order chi connectivity index (χ1) is 15.7. The maximum Gasteiger partial charge on any atom is 0.261 e. The van der Waals surface area contributed by atoms with Gasteiger partial charge in [0, 0.05) is 18.7 Å². The van der Waals surface area contributed by atoms with Gasteiger partial charge in [-0.15, -0.1) is 0 Å². The molecule has 176 valence electrons. The number of aromatic nitrogens is 2. The maximum atomic E-state index is 13.7. The van der Waals surface area contributed by atoms with Crippen molar-refractivity contribution in [3.8, 4) is 0 Å². The third-order valence-electron chi connectivity index (χ3n) is 6.28. The second kappa shape index (κ2) is 10.3. The monoisotopic (exact) mass is 447 g/mol. The van der Waals surface area contributed by atoms with Gasteiger partial charge >= 0.3 is 0 Å². The summed E-state index contributed by atoms with van der Waals surface area (Å²) in [5.41, 5.74) is 2.53. The third kappa shape index (κ3) is 5.18. The lowest BCUT2D eigenvalue weighted by Crippen LogP contribution is -2.39. The molecule has 0 bridgehead atoms. The van der Waals surface area contributed by atoms with Gasteiger partial charge in [0.15, 0.2) is 0 Å². The molecule has 0 aliphatic rings. The number of rotatable bonds is 8. The van der Waals surface area contributed by atoms with Crippen molar-refractivity contribution in [2.45, 2.75) is 78.8 Å². The van der Waals surface area contributed by atoms with Gasteiger partial charge in [-0.05, 0) is 55.0 Å². The standard InChI is InChI=1S/C28H37N3O2/c1-7-10-19-31(26(32)20-15-17-21(18-16-20)28(4,5)6)24(8-2)25-29-23-14-12-11-13-22(23)27(33)30(25)9-3/h11-18,24H,7-10,19H2,1-6H3/t24-/m1/s1. The Labute approximate surface area is 197 Å². The number of carbonyl (C=O) groups is 1. The lowest BCUT2D eigenvalue weighted by Gasteiger charge is -2.32. The molecular weight excluding hydrogens is 410 g/mol. The lowest BCUT2D eigenvalue weighted by molar-refractivity contribution is 0.0653. The van der Waals surface area contributed by atoms with E-state index in [9.17, 15) is 9.59 Å². The van der Waals surface area contributed by atoms with Crippen molar-refractivity contribution >= 4 is 16.8 Å². The van der Waals surface area contributed by atoms with E-state index in [4.69, 9.17) is 4.98 Å². The molecule has 1 atom stereocenters. The molecule has 0 aliphatic heterocycles. The van der Waals surface area contributed by atoms with E-state index < -0.39 is 0 Å². The van der Waals surface area contributed by atoms with Crippen molar-refractivity contribution < 1.29 is 4.79 Å². The first-order valence-electron chi connectivity index (χ1n) is 12.1. The van der Waals surface area contributed by atoms with Crippen LogP contribution in [0.4, 0.5) is 0 Å². The Morgan fingerprint density at radius 3 is 2.27 bits per heavy atom.